The van der Waals surface area contributed by atoms with E-state index in [4.69, 9.17) is 11.6 Å². The Labute approximate surface area is 63.8 Å². The fourth-order valence-electron chi connectivity index (χ4n) is 0.671. The SMILES string of the molecule is CC1(C)C=C(C(=O)Cl)N=N1. The molecule has 54 valence electrons. The summed E-state index contributed by atoms with van der Waals surface area (Å²) < 4.78 is 0. The largest absolute Gasteiger partial charge is 0.274 e. The number of carbonyl (C=O) groups is 1. The number of hydrogen-bond donors (Lipinski definition) is 0. The first-order valence-electron chi connectivity index (χ1n) is 2.87. The van der Waals surface area contributed by atoms with Crippen molar-refractivity contribution in [1.82, 2.24) is 0 Å². The molecule has 0 spiro atoms. The number of nitrogens with zero attached hydrogens (tertiary/aromatic N) is 2. The third-order valence-corrected chi connectivity index (χ3v) is 1.30. The van der Waals surface area contributed by atoms with Crippen molar-refractivity contribution in [2.75, 3.05) is 0 Å². The Balaban J connectivity index is 2.88. The molecule has 0 saturated carbocycles. The first kappa shape index (κ1) is 7.41. The third kappa shape index (κ3) is 1.42. The van der Waals surface area contributed by atoms with Gasteiger partial charge in [0.1, 0.15) is 5.70 Å². The smallest absolute Gasteiger partial charge is 0.272 e. The molecule has 1 rings (SSSR count). The van der Waals surface area contributed by atoms with Crippen molar-refractivity contribution in [1.29, 1.82) is 0 Å². The van der Waals surface area contributed by atoms with Crippen molar-refractivity contribution >= 4 is 16.8 Å². The second kappa shape index (κ2) is 2.16. The van der Waals surface area contributed by atoms with E-state index in [2.05, 4.69) is 10.2 Å². The van der Waals surface area contributed by atoms with Crippen LogP contribution in [0.15, 0.2) is 22.0 Å². The van der Waals surface area contributed by atoms with Gasteiger partial charge in [0.15, 0.2) is 0 Å². The maximum atomic E-state index is 10.5. The molecule has 0 N–H and O–H groups in total. The molecule has 1 aliphatic rings. The van der Waals surface area contributed by atoms with Crippen LogP contribution in [0.3, 0.4) is 0 Å². The molecular weight excluding hydrogens is 152 g/mol. The van der Waals surface area contributed by atoms with Crippen molar-refractivity contribution in [2.45, 2.75) is 19.4 Å². The maximum Gasteiger partial charge on any atom is 0.272 e. The number of rotatable bonds is 1. The molecule has 1 heterocycles. The van der Waals surface area contributed by atoms with Crippen molar-refractivity contribution in [3.63, 3.8) is 0 Å². The van der Waals surface area contributed by atoms with Gasteiger partial charge in [-0.25, -0.2) is 0 Å². The fourth-order valence-corrected chi connectivity index (χ4v) is 0.763. The van der Waals surface area contributed by atoms with Crippen molar-refractivity contribution < 1.29 is 4.79 Å². The molecule has 0 aromatic rings. The zero-order chi connectivity index (χ0) is 7.78. The molecular formula is C6H7ClN2O. The summed E-state index contributed by atoms with van der Waals surface area (Å²) in [5.41, 5.74) is -0.119. The summed E-state index contributed by atoms with van der Waals surface area (Å²) >= 11 is 5.15. The molecule has 4 heteroatoms. The Morgan fingerprint density at radius 3 is 2.50 bits per heavy atom. The lowest BCUT2D eigenvalue weighted by molar-refractivity contribution is -0.108. The highest BCUT2D eigenvalue weighted by Crippen LogP contribution is 2.23. The zero-order valence-corrected chi connectivity index (χ0v) is 6.51. The average molecular weight is 159 g/mol. The van der Waals surface area contributed by atoms with Crippen molar-refractivity contribution in [3.8, 4) is 0 Å². The van der Waals surface area contributed by atoms with E-state index >= 15 is 0 Å². The molecule has 0 amide bonds. The molecule has 0 unspecified atom stereocenters. The molecule has 3 nitrogen and oxygen atoms in total. The normalized spacial score (nSPS) is 20.9. The molecule has 0 saturated heterocycles. The van der Waals surface area contributed by atoms with Crippen LogP contribution < -0.4 is 0 Å². The van der Waals surface area contributed by atoms with Gasteiger partial charge in [0, 0.05) is 0 Å². The Morgan fingerprint density at radius 1 is 1.70 bits per heavy atom. The van der Waals surface area contributed by atoms with Crippen LogP contribution in [-0.4, -0.2) is 10.8 Å². The quantitative estimate of drug-likeness (QED) is 0.538. The van der Waals surface area contributed by atoms with E-state index in [0.29, 0.717) is 0 Å². The van der Waals surface area contributed by atoms with E-state index < -0.39 is 5.24 Å². The van der Waals surface area contributed by atoms with Gasteiger partial charge in [0.2, 0.25) is 0 Å². The highest BCUT2D eigenvalue weighted by Gasteiger charge is 2.22. The monoisotopic (exact) mass is 158 g/mol. The van der Waals surface area contributed by atoms with Gasteiger partial charge in [-0.05, 0) is 31.5 Å². The minimum absolute atomic E-state index is 0.242. The molecule has 1 aliphatic heterocycles. The van der Waals surface area contributed by atoms with Gasteiger partial charge in [0.25, 0.3) is 5.24 Å². The van der Waals surface area contributed by atoms with Gasteiger partial charge in [-0.1, -0.05) is 0 Å². The van der Waals surface area contributed by atoms with E-state index in [1.807, 2.05) is 13.8 Å². The molecule has 0 aliphatic carbocycles. The lowest BCUT2D eigenvalue weighted by Gasteiger charge is -2.04. The lowest BCUT2D eigenvalue weighted by Crippen LogP contribution is -2.08. The van der Waals surface area contributed by atoms with Crippen LogP contribution in [0.25, 0.3) is 0 Å². The van der Waals surface area contributed by atoms with Gasteiger partial charge in [-0.2, -0.15) is 10.2 Å². The van der Waals surface area contributed by atoms with Crippen LogP contribution in [0.5, 0.6) is 0 Å². The predicted octanol–water partition coefficient (Wildman–Crippen LogP) is 1.88. The second-order valence-corrected chi connectivity index (χ2v) is 3.00. The van der Waals surface area contributed by atoms with Crippen LogP contribution in [-0.2, 0) is 4.79 Å². The zero-order valence-electron chi connectivity index (χ0n) is 5.76. The fraction of sp³-hybridized carbons (Fsp3) is 0.500. The van der Waals surface area contributed by atoms with Crippen LogP contribution in [0.1, 0.15) is 13.8 Å². The van der Waals surface area contributed by atoms with Gasteiger partial charge in [0.05, 0.1) is 5.54 Å². The number of azo groups is 1. The average Bonchev–Trinajstić information content (AvgIpc) is 2.10. The second-order valence-electron chi connectivity index (χ2n) is 2.66. The summed E-state index contributed by atoms with van der Waals surface area (Å²) in [5.74, 6) is 0. The van der Waals surface area contributed by atoms with Crippen LogP contribution >= 0.6 is 11.6 Å². The summed E-state index contributed by atoms with van der Waals surface area (Å²) in [7, 11) is 0. The van der Waals surface area contributed by atoms with Crippen LogP contribution in [0.2, 0.25) is 0 Å². The van der Waals surface area contributed by atoms with Gasteiger partial charge in [-0.15, -0.1) is 0 Å². The van der Waals surface area contributed by atoms with E-state index in [1.165, 1.54) is 0 Å². The van der Waals surface area contributed by atoms with Gasteiger partial charge in [-0.3, -0.25) is 4.79 Å². The Morgan fingerprint density at radius 2 is 2.30 bits per heavy atom. The highest BCUT2D eigenvalue weighted by molar-refractivity contribution is 6.67. The first-order valence-corrected chi connectivity index (χ1v) is 3.25. The molecule has 0 aromatic carbocycles. The summed E-state index contributed by atoms with van der Waals surface area (Å²) in [6.07, 6.45) is 1.64. The lowest BCUT2D eigenvalue weighted by atomic mass is 10.1. The summed E-state index contributed by atoms with van der Waals surface area (Å²) in [6.45, 7) is 3.70. The molecule has 0 radical (unpaired) electrons. The highest BCUT2D eigenvalue weighted by atomic mass is 35.5. The van der Waals surface area contributed by atoms with E-state index in [9.17, 15) is 4.79 Å². The Hall–Kier alpha value is -0.700. The molecule has 0 fully saturated rings. The summed E-state index contributed by atoms with van der Waals surface area (Å²) in [4.78, 5) is 10.5. The maximum absolute atomic E-state index is 10.5. The summed E-state index contributed by atoms with van der Waals surface area (Å²) in [5, 5.41) is 6.84. The third-order valence-electron chi connectivity index (χ3n) is 1.11. The number of halogens is 1. The summed E-state index contributed by atoms with van der Waals surface area (Å²) in [6, 6.07) is 0. The topological polar surface area (TPSA) is 41.8 Å². The first-order chi connectivity index (χ1) is 4.51. The number of carbonyl (C=O) groups excluding carboxylic acids is 1. The minimum Gasteiger partial charge on any atom is -0.274 e. The molecule has 0 atom stereocenters. The Kier molecular flexibility index (Phi) is 1.60. The van der Waals surface area contributed by atoms with Crippen LogP contribution in [0, 0.1) is 0 Å². The minimum atomic E-state index is -0.547. The Bertz CT molecular complexity index is 230. The van der Waals surface area contributed by atoms with Crippen molar-refractivity contribution in [2.24, 2.45) is 10.2 Å². The predicted molar refractivity (Wildman–Crippen MR) is 37.9 cm³/mol. The van der Waals surface area contributed by atoms with Crippen LogP contribution in [0.4, 0.5) is 0 Å². The number of allylic oxidation sites excluding steroid dienone is 1. The van der Waals surface area contributed by atoms with E-state index in [0.717, 1.165) is 0 Å². The molecule has 10 heavy (non-hydrogen) atoms. The molecule has 0 aromatic heterocycles. The van der Waals surface area contributed by atoms with E-state index in [-0.39, 0.29) is 11.2 Å². The van der Waals surface area contributed by atoms with Gasteiger partial charge >= 0.3 is 0 Å². The molecule has 0 bridgehead atoms. The number of hydrogen-bond acceptors (Lipinski definition) is 3. The van der Waals surface area contributed by atoms with Crippen molar-refractivity contribution in [3.05, 3.63) is 11.8 Å². The van der Waals surface area contributed by atoms with Gasteiger partial charge < -0.3 is 0 Å². The van der Waals surface area contributed by atoms with E-state index in [1.54, 1.807) is 6.08 Å². The standard InChI is InChI=1S/C6H7ClN2O/c1-6(2)3-4(5(7)10)8-9-6/h3H,1-2H3.